The van der Waals surface area contributed by atoms with E-state index >= 15 is 0 Å². The van der Waals surface area contributed by atoms with Crippen molar-refractivity contribution in [1.29, 1.82) is 0 Å². The van der Waals surface area contributed by atoms with Gasteiger partial charge in [-0.1, -0.05) is 6.07 Å². The van der Waals surface area contributed by atoms with E-state index in [2.05, 4.69) is 0 Å². The Kier molecular flexibility index (Phi) is 7.75. The zero-order valence-corrected chi connectivity index (χ0v) is 21.4. The van der Waals surface area contributed by atoms with E-state index in [1.54, 1.807) is 42.5 Å². The Balaban J connectivity index is 2.01. The Bertz CT molecular complexity index is 1280. The molecule has 0 bridgehead atoms. The van der Waals surface area contributed by atoms with Crippen molar-refractivity contribution in [2.45, 2.75) is 25.2 Å². The minimum atomic E-state index is -0.928. The molecular formula is C28H30O9. The van der Waals surface area contributed by atoms with Gasteiger partial charge in [0.1, 0.15) is 34.7 Å². The number of fused-ring (bicyclic) bond motifs is 1. The lowest BCUT2D eigenvalue weighted by Gasteiger charge is -2.35. The van der Waals surface area contributed by atoms with Crippen LogP contribution in [-0.2, 0) is 13.2 Å². The van der Waals surface area contributed by atoms with Gasteiger partial charge in [0.15, 0.2) is 17.3 Å². The number of rotatable bonds is 9. The van der Waals surface area contributed by atoms with Crippen molar-refractivity contribution in [2.75, 3.05) is 35.5 Å². The molecule has 2 N–H and O–H groups in total. The van der Waals surface area contributed by atoms with Crippen LogP contribution in [0.3, 0.4) is 0 Å². The highest BCUT2D eigenvalue weighted by Crippen LogP contribution is 2.51. The summed E-state index contributed by atoms with van der Waals surface area (Å²) in [6.45, 7) is -0.620. The van der Waals surface area contributed by atoms with Crippen LogP contribution in [0.1, 0.15) is 44.6 Å². The highest BCUT2D eigenvalue weighted by molar-refractivity contribution is 6.07. The maximum atomic E-state index is 14.3. The maximum absolute atomic E-state index is 14.3. The van der Waals surface area contributed by atoms with Crippen molar-refractivity contribution in [3.63, 3.8) is 0 Å². The number of aliphatic hydroxyl groups is 2. The fraction of sp³-hybridized carbons (Fsp3) is 0.321. The molecule has 9 nitrogen and oxygen atoms in total. The normalized spacial score (nSPS) is 16.5. The van der Waals surface area contributed by atoms with Crippen molar-refractivity contribution in [1.82, 2.24) is 0 Å². The Morgan fingerprint density at radius 3 is 2.05 bits per heavy atom. The molecule has 0 amide bonds. The Hall–Kier alpha value is -3.95. The zero-order chi connectivity index (χ0) is 26.7. The molecule has 0 aliphatic carbocycles. The van der Waals surface area contributed by atoms with Crippen LogP contribution in [0.25, 0.3) is 0 Å². The molecule has 1 aliphatic heterocycles. The van der Waals surface area contributed by atoms with Crippen LogP contribution in [0.2, 0.25) is 0 Å². The number of benzene rings is 3. The average molecular weight is 511 g/mol. The third-order valence-electron chi connectivity index (χ3n) is 6.49. The number of hydrogen-bond acceptors (Lipinski definition) is 9. The van der Waals surface area contributed by atoms with E-state index in [4.69, 9.17) is 28.4 Å². The molecule has 3 aromatic rings. The minimum Gasteiger partial charge on any atom is -0.497 e. The van der Waals surface area contributed by atoms with Gasteiger partial charge in [0, 0.05) is 11.6 Å². The van der Waals surface area contributed by atoms with E-state index in [0.717, 1.165) is 0 Å². The molecule has 4 rings (SSSR count). The Morgan fingerprint density at radius 1 is 0.757 bits per heavy atom. The predicted molar refractivity (Wildman–Crippen MR) is 134 cm³/mol. The van der Waals surface area contributed by atoms with Gasteiger partial charge in [-0.2, -0.15) is 0 Å². The summed E-state index contributed by atoms with van der Waals surface area (Å²) in [5, 5.41) is 20.1. The van der Waals surface area contributed by atoms with Crippen molar-refractivity contribution in [3.05, 3.63) is 70.3 Å². The van der Waals surface area contributed by atoms with E-state index in [-0.39, 0.29) is 36.1 Å². The number of methoxy groups -OCH3 is 5. The summed E-state index contributed by atoms with van der Waals surface area (Å²) in [6.07, 6.45) is -0.842. The minimum absolute atomic E-state index is 0.239. The Labute approximate surface area is 215 Å². The number of ether oxygens (including phenoxy) is 6. The van der Waals surface area contributed by atoms with E-state index < -0.39 is 12.0 Å². The van der Waals surface area contributed by atoms with Crippen molar-refractivity contribution < 1.29 is 43.4 Å². The number of ketones is 1. The lowest BCUT2D eigenvalue weighted by molar-refractivity contribution is 0.0768. The quantitative estimate of drug-likeness (QED) is 0.444. The summed E-state index contributed by atoms with van der Waals surface area (Å²) in [5.74, 6) is 1.16. The molecule has 0 saturated carbocycles. The molecule has 0 saturated heterocycles. The van der Waals surface area contributed by atoms with Crippen LogP contribution >= 0.6 is 0 Å². The summed E-state index contributed by atoms with van der Waals surface area (Å²) in [7, 11) is 7.51. The van der Waals surface area contributed by atoms with E-state index in [1.165, 1.54) is 35.5 Å². The molecule has 196 valence electrons. The van der Waals surface area contributed by atoms with E-state index in [0.29, 0.717) is 45.3 Å². The number of hydrogen-bond donors (Lipinski definition) is 2. The van der Waals surface area contributed by atoms with Crippen LogP contribution in [0.15, 0.2) is 42.5 Å². The second-order valence-corrected chi connectivity index (χ2v) is 8.38. The molecule has 1 heterocycles. The fourth-order valence-electron chi connectivity index (χ4n) is 4.73. The summed E-state index contributed by atoms with van der Waals surface area (Å²) < 4.78 is 33.9. The van der Waals surface area contributed by atoms with E-state index in [1.807, 2.05) is 0 Å². The molecule has 37 heavy (non-hydrogen) atoms. The third-order valence-corrected chi connectivity index (χ3v) is 6.49. The molecule has 2 atom stereocenters. The topological polar surface area (TPSA) is 113 Å². The highest BCUT2D eigenvalue weighted by atomic mass is 16.5. The monoisotopic (exact) mass is 510 g/mol. The smallest absolute Gasteiger partial charge is 0.182 e. The van der Waals surface area contributed by atoms with Crippen molar-refractivity contribution in [3.8, 4) is 34.5 Å². The molecule has 0 fully saturated rings. The fourth-order valence-corrected chi connectivity index (χ4v) is 4.73. The average Bonchev–Trinajstić information content (AvgIpc) is 2.95. The SMILES string of the molecule is COc1cc(CO)c([C@H]2C(=O)c3c(OC)cc(CO)cc3O[C@@H]2c2ccc(OC)c(OC)c2)c(OC)c1. The number of Topliss-reactive ketones (excluding diaryl/α,β-unsaturated/α-hetero) is 1. The summed E-state index contributed by atoms with van der Waals surface area (Å²) in [6, 6.07) is 11.8. The number of carbonyl (C=O) groups is 1. The second kappa shape index (κ2) is 11.0. The van der Waals surface area contributed by atoms with Gasteiger partial charge in [-0.3, -0.25) is 4.79 Å². The van der Waals surface area contributed by atoms with Gasteiger partial charge < -0.3 is 38.6 Å². The Morgan fingerprint density at radius 2 is 1.46 bits per heavy atom. The lowest BCUT2D eigenvalue weighted by Crippen LogP contribution is -2.31. The van der Waals surface area contributed by atoms with Gasteiger partial charge in [0.2, 0.25) is 0 Å². The van der Waals surface area contributed by atoms with Crippen LogP contribution in [0.5, 0.6) is 34.5 Å². The van der Waals surface area contributed by atoms with Crippen molar-refractivity contribution >= 4 is 5.78 Å². The third kappa shape index (κ3) is 4.63. The molecule has 0 unspecified atom stereocenters. The maximum Gasteiger partial charge on any atom is 0.182 e. The van der Waals surface area contributed by atoms with Crippen LogP contribution in [0, 0.1) is 0 Å². The predicted octanol–water partition coefficient (Wildman–Crippen LogP) is 3.81. The van der Waals surface area contributed by atoms with Gasteiger partial charge in [0.25, 0.3) is 0 Å². The first-order valence-corrected chi connectivity index (χ1v) is 11.5. The van der Waals surface area contributed by atoms with E-state index in [9.17, 15) is 15.0 Å². The van der Waals surface area contributed by atoms with Gasteiger partial charge in [-0.15, -0.1) is 0 Å². The standard InChI is InChI=1S/C28H30O9/c1-32-18-10-17(14-30)24(22(12-18)36-5)26-27(31)25-21(35-4)8-15(13-29)9-23(25)37-28(26)16-6-7-19(33-2)20(11-16)34-3/h6-12,26,28-30H,13-14H2,1-5H3/t26-,28+/m0/s1. The highest BCUT2D eigenvalue weighted by Gasteiger charge is 2.44. The van der Waals surface area contributed by atoms with Gasteiger partial charge in [0.05, 0.1) is 54.7 Å². The van der Waals surface area contributed by atoms with Crippen LogP contribution in [0.4, 0.5) is 0 Å². The lowest BCUT2D eigenvalue weighted by atomic mass is 9.78. The second-order valence-electron chi connectivity index (χ2n) is 8.38. The van der Waals surface area contributed by atoms with Gasteiger partial charge >= 0.3 is 0 Å². The molecule has 0 radical (unpaired) electrons. The summed E-state index contributed by atoms with van der Waals surface area (Å²) in [5.41, 5.74) is 2.33. The summed E-state index contributed by atoms with van der Waals surface area (Å²) >= 11 is 0. The number of carbonyl (C=O) groups excluding carboxylic acids is 1. The first-order valence-electron chi connectivity index (χ1n) is 11.5. The molecule has 1 aliphatic rings. The molecule has 0 aromatic heterocycles. The largest absolute Gasteiger partial charge is 0.497 e. The van der Waals surface area contributed by atoms with Crippen LogP contribution < -0.4 is 28.4 Å². The molecule has 9 heteroatoms. The van der Waals surface area contributed by atoms with Crippen molar-refractivity contribution in [2.24, 2.45) is 0 Å². The van der Waals surface area contributed by atoms with Gasteiger partial charge in [-0.05, 0) is 47.0 Å². The number of aliphatic hydroxyl groups excluding tert-OH is 2. The molecule has 0 spiro atoms. The zero-order valence-electron chi connectivity index (χ0n) is 21.4. The van der Waals surface area contributed by atoms with Gasteiger partial charge in [-0.25, -0.2) is 0 Å². The van der Waals surface area contributed by atoms with Crippen LogP contribution in [-0.4, -0.2) is 51.5 Å². The first kappa shape index (κ1) is 26.1. The molecular weight excluding hydrogens is 480 g/mol. The molecule has 3 aromatic carbocycles. The first-order chi connectivity index (χ1) is 17.9. The summed E-state index contributed by atoms with van der Waals surface area (Å²) in [4.78, 5) is 14.3.